The fourth-order valence-electron chi connectivity index (χ4n) is 2.88. The molecule has 0 radical (unpaired) electrons. The summed E-state index contributed by atoms with van der Waals surface area (Å²) in [6.07, 6.45) is 6.78. The van der Waals surface area contributed by atoms with Gasteiger partial charge in [0.25, 0.3) is 6.01 Å². The van der Waals surface area contributed by atoms with Crippen LogP contribution < -0.4 is 5.32 Å². The fourth-order valence-corrected chi connectivity index (χ4v) is 2.88. The molecule has 1 aromatic carbocycles. The molecule has 0 aliphatic heterocycles. The molecule has 0 saturated heterocycles. The van der Waals surface area contributed by atoms with E-state index in [0.29, 0.717) is 12.1 Å². The molecule has 1 fully saturated rings. The molecule has 1 unspecified atom stereocenters. The number of rotatable bonds is 3. The van der Waals surface area contributed by atoms with Gasteiger partial charge >= 0.3 is 0 Å². The third-order valence-electron chi connectivity index (χ3n) is 4.00. The van der Waals surface area contributed by atoms with Gasteiger partial charge in [-0.15, -0.1) is 0 Å². The van der Waals surface area contributed by atoms with Crippen LogP contribution in [0.1, 0.15) is 39.0 Å². The molecule has 96 valence electrons. The number of aromatic nitrogens is 1. The van der Waals surface area contributed by atoms with E-state index in [-0.39, 0.29) is 0 Å². The van der Waals surface area contributed by atoms with Crippen molar-refractivity contribution in [2.24, 2.45) is 5.92 Å². The van der Waals surface area contributed by atoms with E-state index < -0.39 is 0 Å². The first kappa shape index (κ1) is 11.6. The van der Waals surface area contributed by atoms with Gasteiger partial charge in [0.15, 0.2) is 5.58 Å². The van der Waals surface area contributed by atoms with Crippen LogP contribution in [0.25, 0.3) is 11.1 Å². The lowest BCUT2D eigenvalue weighted by Gasteiger charge is -2.27. The van der Waals surface area contributed by atoms with Gasteiger partial charge in [0.05, 0.1) is 0 Å². The second-order valence-electron chi connectivity index (χ2n) is 5.32. The van der Waals surface area contributed by atoms with Crippen LogP contribution in [0.15, 0.2) is 28.7 Å². The van der Waals surface area contributed by atoms with E-state index in [1.807, 2.05) is 24.3 Å². The normalized spacial score (nSPS) is 18.9. The molecule has 1 saturated carbocycles. The Bertz CT molecular complexity index is 481. The van der Waals surface area contributed by atoms with Crippen molar-refractivity contribution < 1.29 is 4.42 Å². The molecule has 1 aromatic heterocycles. The first-order valence-corrected chi connectivity index (χ1v) is 6.95. The first-order chi connectivity index (χ1) is 8.83. The number of nitrogens with zero attached hydrogens (tertiary/aromatic N) is 1. The SMILES string of the molecule is CC(Nc1nc2ccccc2o1)C1CCCCC1. The molecule has 2 aromatic rings. The summed E-state index contributed by atoms with van der Waals surface area (Å²) in [5.74, 6) is 0.758. The Morgan fingerprint density at radius 2 is 2.00 bits per heavy atom. The van der Waals surface area contributed by atoms with Crippen LogP contribution in [-0.2, 0) is 0 Å². The number of nitrogens with one attached hydrogen (secondary N) is 1. The van der Waals surface area contributed by atoms with Crippen LogP contribution in [0.4, 0.5) is 6.01 Å². The van der Waals surface area contributed by atoms with Crippen molar-refractivity contribution in [3.05, 3.63) is 24.3 Å². The topological polar surface area (TPSA) is 38.1 Å². The number of para-hydroxylation sites is 2. The lowest BCUT2D eigenvalue weighted by atomic mass is 9.85. The summed E-state index contributed by atoms with van der Waals surface area (Å²) in [6, 6.07) is 9.00. The third-order valence-corrected chi connectivity index (χ3v) is 4.00. The smallest absolute Gasteiger partial charge is 0.295 e. The molecule has 1 aliphatic carbocycles. The highest BCUT2D eigenvalue weighted by Crippen LogP contribution is 2.28. The summed E-state index contributed by atoms with van der Waals surface area (Å²) in [6.45, 7) is 2.24. The van der Waals surface area contributed by atoms with Gasteiger partial charge in [0.2, 0.25) is 0 Å². The number of fused-ring (bicyclic) bond motifs is 1. The highest BCUT2D eigenvalue weighted by molar-refractivity contribution is 5.74. The lowest BCUT2D eigenvalue weighted by molar-refractivity contribution is 0.325. The molecule has 18 heavy (non-hydrogen) atoms. The predicted octanol–water partition coefficient (Wildman–Crippen LogP) is 4.21. The molecule has 3 heteroatoms. The highest BCUT2D eigenvalue weighted by atomic mass is 16.4. The summed E-state index contributed by atoms with van der Waals surface area (Å²) < 4.78 is 5.71. The predicted molar refractivity (Wildman–Crippen MR) is 73.7 cm³/mol. The monoisotopic (exact) mass is 244 g/mol. The molecule has 0 bridgehead atoms. The molecule has 1 heterocycles. The van der Waals surface area contributed by atoms with E-state index in [0.717, 1.165) is 17.0 Å². The van der Waals surface area contributed by atoms with Crippen molar-refractivity contribution >= 4 is 17.1 Å². The Kier molecular flexibility index (Phi) is 3.22. The largest absolute Gasteiger partial charge is 0.424 e. The number of hydrogen-bond acceptors (Lipinski definition) is 3. The zero-order valence-electron chi connectivity index (χ0n) is 10.9. The minimum atomic E-state index is 0.443. The summed E-state index contributed by atoms with van der Waals surface area (Å²) in [5.41, 5.74) is 1.78. The first-order valence-electron chi connectivity index (χ1n) is 6.95. The minimum absolute atomic E-state index is 0.443. The van der Waals surface area contributed by atoms with Gasteiger partial charge in [-0.25, -0.2) is 0 Å². The summed E-state index contributed by atoms with van der Waals surface area (Å²) in [4.78, 5) is 4.47. The standard InChI is InChI=1S/C15H20N2O/c1-11(12-7-3-2-4-8-12)16-15-17-13-9-5-6-10-14(13)18-15/h5-6,9-12H,2-4,7-8H2,1H3,(H,16,17). The van der Waals surface area contributed by atoms with Crippen LogP contribution in [0.2, 0.25) is 0 Å². The van der Waals surface area contributed by atoms with Crippen molar-refractivity contribution in [3.8, 4) is 0 Å². The van der Waals surface area contributed by atoms with Crippen molar-refractivity contribution in [1.82, 2.24) is 4.98 Å². The number of benzene rings is 1. The molecule has 1 N–H and O–H groups in total. The average molecular weight is 244 g/mol. The lowest BCUT2D eigenvalue weighted by Crippen LogP contribution is -2.27. The maximum absolute atomic E-state index is 5.71. The van der Waals surface area contributed by atoms with Gasteiger partial charge in [-0.2, -0.15) is 4.98 Å². The van der Waals surface area contributed by atoms with Crippen LogP contribution in [0, 0.1) is 5.92 Å². The number of anilines is 1. The highest BCUT2D eigenvalue weighted by Gasteiger charge is 2.21. The molecule has 1 atom stereocenters. The third kappa shape index (κ3) is 2.35. The maximum atomic E-state index is 5.71. The van der Waals surface area contributed by atoms with Crippen LogP contribution in [-0.4, -0.2) is 11.0 Å². The number of oxazole rings is 1. The second-order valence-corrected chi connectivity index (χ2v) is 5.32. The quantitative estimate of drug-likeness (QED) is 0.879. The zero-order valence-corrected chi connectivity index (χ0v) is 10.9. The summed E-state index contributed by atoms with van der Waals surface area (Å²) >= 11 is 0. The van der Waals surface area contributed by atoms with Crippen molar-refractivity contribution in [2.75, 3.05) is 5.32 Å². The molecule has 0 spiro atoms. The summed E-state index contributed by atoms with van der Waals surface area (Å²) in [5, 5.41) is 3.42. The molecule has 3 rings (SSSR count). The van der Waals surface area contributed by atoms with E-state index in [9.17, 15) is 0 Å². The molecule has 3 nitrogen and oxygen atoms in total. The van der Waals surface area contributed by atoms with Crippen molar-refractivity contribution in [2.45, 2.75) is 45.1 Å². The van der Waals surface area contributed by atoms with E-state index >= 15 is 0 Å². The van der Waals surface area contributed by atoms with Gasteiger partial charge in [0, 0.05) is 6.04 Å². The van der Waals surface area contributed by atoms with Crippen molar-refractivity contribution in [3.63, 3.8) is 0 Å². The van der Waals surface area contributed by atoms with E-state index in [1.165, 1.54) is 32.1 Å². The fraction of sp³-hybridized carbons (Fsp3) is 0.533. The molecular formula is C15H20N2O. The van der Waals surface area contributed by atoms with Gasteiger partial charge < -0.3 is 9.73 Å². The minimum Gasteiger partial charge on any atom is -0.424 e. The van der Waals surface area contributed by atoms with Gasteiger partial charge in [-0.05, 0) is 37.8 Å². The molecule has 1 aliphatic rings. The summed E-state index contributed by atoms with van der Waals surface area (Å²) in [7, 11) is 0. The molecule has 0 amide bonds. The molecular weight excluding hydrogens is 224 g/mol. The zero-order chi connectivity index (χ0) is 12.4. The Labute approximate surface area is 108 Å². The van der Waals surface area contributed by atoms with Crippen LogP contribution >= 0.6 is 0 Å². The second kappa shape index (κ2) is 5.01. The van der Waals surface area contributed by atoms with Crippen LogP contribution in [0.5, 0.6) is 0 Å². The van der Waals surface area contributed by atoms with E-state index in [1.54, 1.807) is 0 Å². The Morgan fingerprint density at radius 3 is 2.78 bits per heavy atom. The Hall–Kier alpha value is -1.51. The van der Waals surface area contributed by atoms with Crippen molar-refractivity contribution in [1.29, 1.82) is 0 Å². The van der Waals surface area contributed by atoms with E-state index in [4.69, 9.17) is 4.42 Å². The van der Waals surface area contributed by atoms with E-state index in [2.05, 4.69) is 17.2 Å². The Morgan fingerprint density at radius 1 is 1.22 bits per heavy atom. The van der Waals surface area contributed by atoms with Crippen LogP contribution in [0.3, 0.4) is 0 Å². The number of hydrogen-bond donors (Lipinski definition) is 1. The van der Waals surface area contributed by atoms with Gasteiger partial charge in [-0.3, -0.25) is 0 Å². The van der Waals surface area contributed by atoms with Gasteiger partial charge in [-0.1, -0.05) is 31.4 Å². The Balaban J connectivity index is 1.71. The average Bonchev–Trinajstić information content (AvgIpc) is 2.82. The van der Waals surface area contributed by atoms with Gasteiger partial charge in [0.1, 0.15) is 5.52 Å². The maximum Gasteiger partial charge on any atom is 0.295 e.